The molecular formula is C30H30ClF2N. The molecule has 4 heteroatoms. The minimum Gasteiger partial charge on any atom is -0.261 e. The Bertz CT molecular complexity index is 1250. The van der Waals surface area contributed by atoms with Crippen LogP contribution in [0, 0.1) is 11.6 Å². The molecule has 4 aromatic rings. The molecule has 0 aliphatic carbocycles. The first-order chi connectivity index (χ1) is 16.5. The van der Waals surface area contributed by atoms with E-state index >= 15 is 4.39 Å². The summed E-state index contributed by atoms with van der Waals surface area (Å²) < 4.78 is 28.8. The van der Waals surface area contributed by atoms with Crippen LogP contribution < -0.4 is 0 Å². The van der Waals surface area contributed by atoms with Crippen LogP contribution in [0.5, 0.6) is 0 Å². The van der Waals surface area contributed by atoms with Crippen LogP contribution in [0.15, 0.2) is 66.9 Å². The molecule has 1 nitrogen and oxygen atoms in total. The number of halogens is 3. The Kier molecular flexibility index (Phi) is 8.29. The zero-order valence-electron chi connectivity index (χ0n) is 19.6. The van der Waals surface area contributed by atoms with Crippen molar-refractivity contribution >= 4 is 22.4 Å². The van der Waals surface area contributed by atoms with Gasteiger partial charge in [-0.3, -0.25) is 4.98 Å². The summed E-state index contributed by atoms with van der Waals surface area (Å²) in [5.41, 5.74) is 5.00. The zero-order chi connectivity index (χ0) is 23.9. The molecule has 0 fully saturated rings. The third-order valence-corrected chi connectivity index (χ3v) is 6.70. The first-order valence-corrected chi connectivity index (χ1v) is 12.5. The Morgan fingerprint density at radius 1 is 0.735 bits per heavy atom. The van der Waals surface area contributed by atoms with Crippen molar-refractivity contribution in [2.24, 2.45) is 0 Å². The number of aromatic nitrogens is 1. The fourth-order valence-electron chi connectivity index (χ4n) is 4.31. The lowest BCUT2D eigenvalue weighted by Gasteiger charge is -2.09. The Hall–Kier alpha value is -2.78. The lowest BCUT2D eigenvalue weighted by molar-refractivity contribution is 0.617. The van der Waals surface area contributed by atoms with Crippen LogP contribution >= 0.6 is 11.6 Å². The van der Waals surface area contributed by atoms with Crippen LogP contribution in [0.1, 0.15) is 54.1 Å². The lowest BCUT2D eigenvalue weighted by atomic mass is 9.98. The van der Waals surface area contributed by atoms with E-state index in [1.165, 1.54) is 36.5 Å². The SMILES string of the molecule is CCCCCc1ccc(CCc2ccc3c(F)c(CCc4ccc(Cl)c(F)c4)ccc3c2)nc1. The summed E-state index contributed by atoms with van der Waals surface area (Å²) in [6.07, 6.45) is 9.58. The van der Waals surface area contributed by atoms with Crippen LogP contribution in [-0.4, -0.2) is 4.98 Å². The smallest absolute Gasteiger partial charge is 0.142 e. The monoisotopic (exact) mass is 477 g/mol. The average molecular weight is 478 g/mol. The van der Waals surface area contributed by atoms with Gasteiger partial charge in [0.25, 0.3) is 0 Å². The summed E-state index contributed by atoms with van der Waals surface area (Å²) in [4.78, 5) is 4.63. The molecule has 0 aliphatic heterocycles. The minimum absolute atomic E-state index is 0.103. The van der Waals surface area contributed by atoms with Crippen molar-refractivity contribution in [1.82, 2.24) is 4.98 Å². The van der Waals surface area contributed by atoms with E-state index in [9.17, 15) is 4.39 Å². The lowest BCUT2D eigenvalue weighted by Crippen LogP contribution is -1.98. The number of fused-ring (bicyclic) bond motifs is 1. The summed E-state index contributed by atoms with van der Waals surface area (Å²) in [6.45, 7) is 2.22. The van der Waals surface area contributed by atoms with Gasteiger partial charge in [-0.1, -0.05) is 73.8 Å². The van der Waals surface area contributed by atoms with Crippen LogP contribution in [0.3, 0.4) is 0 Å². The predicted molar refractivity (Wildman–Crippen MR) is 138 cm³/mol. The average Bonchev–Trinajstić information content (AvgIpc) is 2.85. The van der Waals surface area contributed by atoms with E-state index in [2.05, 4.69) is 30.1 Å². The van der Waals surface area contributed by atoms with E-state index in [4.69, 9.17) is 11.6 Å². The van der Waals surface area contributed by atoms with Gasteiger partial charge in [0.15, 0.2) is 0 Å². The van der Waals surface area contributed by atoms with Gasteiger partial charge in [0.1, 0.15) is 11.6 Å². The molecule has 0 radical (unpaired) electrons. The molecule has 0 atom stereocenters. The van der Waals surface area contributed by atoms with E-state index in [0.717, 1.165) is 35.9 Å². The molecular weight excluding hydrogens is 448 g/mol. The summed E-state index contributed by atoms with van der Waals surface area (Å²) in [7, 11) is 0. The standard InChI is InChI=1S/C30H30ClF2N/c1-2-3-4-5-23-8-15-26(34-20-23)14-7-21-9-16-27-25(18-21)13-12-24(30(27)33)11-6-22-10-17-28(31)29(32)19-22/h8-10,12-13,15-20H,2-7,11,14H2,1H3. The Balaban J connectivity index is 1.38. The topological polar surface area (TPSA) is 12.9 Å². The molecule has 0 saturated carbocycles. The molecule has 34 heavy (non-hydrogen) atoms. The van der Waals surface area contributed by atoms with Crippen molar-refractivity contribution in [2.75, 3.05) is 0 Å². The van der Waals surface area contributed by atoms with E-state index < -0.39 is 5.82 Å². The second kappa shape index (κ2) is 11.6. The quantitative estimate of drug-likeness (QED) is 0.209. The zero-order valence-corrected chi connectivity index (χ0v) is 20.3. The number of benzene rings is 3. The first-order valence-electron chi connectivity index (χ1n) is 12.1. The molecule has 4 rings (SSSR count). The Morgan fingerprint density at radius 3 is 2.26 bits per heavy atom. The van der Waals surface area contributed by atoms with Gasteiger partial charge >= 0.3 is 0 Å². The predicted octanol–water partition coefficient (Wildman–Crippen LogP) is 8.47. The van der Waals surface area contributed by atoms with Gasteiger partial charge in [-0.15, -0.1) is 0 Å². The van der Waals surface area contributed by atoms with Crippen LogP contribution in [-0.2, 0) is 32.1 Å². The van der Waals surface area contributed by atoms with Crippen molar-refractivity contribution in [1.29, 1.82) is 0 Å². The third-order valence-electron chi connectivity index (χ3n) is 6.39. The molecule has 176 valence electrons. The van der Waals surface area contributed by atoms with Crippen molar-refractivity contribution in [3.05, 3.63) is 111 Å². The number of aryl methyl sites for hydroxylation is 5. The van der Waals surface area contributed by atoms with Gasteiger partial charge in [-0.2, -0.15) is 0 Å². The molecule has 1 heterocycles. The molecule has 0 aliphatic rings. The molecule has 0 spiro atoms. The number of hydrogen-bond donors (Lipinski definition) is 0. The summed E-state index contributed by atoms with van der Waals surface area (Å²) >= 11 is 5.75. The van der Waals surface area contributed by atoms with Crippen LogP contribution in [0.25, 0.3) is 10.8 Å². The second-order valence-corrected chi connectivity index (χ2v) is 9.36. The number of nitrogens with zero attached hydrogens (tertiary/aromatic N) is 1. The highest BCUT2D eigenvalue weighted by Gasteiger charge is 2.10. The Labute approximate surface area is 205 Å². The van der Waals surface area contributed by atoms with Crippen LogP contribution in [0.2, 0.25) is 5.02 Å². The summed E-state index contributed by atoms with van der Waals surface area (Å²) in [6, 6.07) is 18.8. The summed E-state index contributed by atoms with van der Waals surface area (Å²) in [5, 5.41) is 1.63. The number of unbranched alkanes of at least 4 members (excludes halogenated alkanes) is 2. The minimum atomic E-state index is -0.441. The van der Waals surface area contributed by atoms with Gasteiger partial charge < -0.3 is 0 Å². The van der Waals surface area contributed by atoms with Crippen molar-refractivity contribution < 1.29 is 8.78 Å². The fraction of sp³-hybridized carbons (Fsp3) is 0.300. The maximum atomic E-state index is 15.1. The Morgan fingerprint density at radius 2 is 1.50 bits per heavy atom. The highest BCUT2D eigenvalue weighted by Crippen LogP contribution is 2.25. The van der Waals surface area contributed by atoms with E-state index in [-0.39, 0.29) is 10.8 Å². The van der Waals surface area contributed by atoms with Crippen LogP contribution in [0.4, 0.5) is 8.78 Å². The molecule has 0 amide bonds. The highest BCUT2D eigenvalue weighted by molar-refractivity contribution is 6.30. The number of hydrogen-bond acceptors (Lipinski definition) is 1. The maximum Gasteiger partial charge on any atom is 0.142 e. The molecule has 0 bridgehead atoms. The molecule has 3 aromatic carbocycles. The van der Waals surface area contributed by atoms with Crippen molar-refractivity contribution in [2.45, 2.75) is 58.3 Å². The normalized spacial score (nSPS) is 11.3. The van der Waals surface area contributed by atoms with E-state index in [1.54, 1.807) is 12.1 Å². The molecule has 0 N–H and O–H groups in total. The highest BCUT2D eigenvalue weighted by atomic mass is 35.5. The second-order valence-electron chi connectivity index (χ2n) is 8.96. The van der Waals surface area contributed by atoms with Gasteiger partial charge in [-0.05, 0) is 84.4 Å². The maximum absolute atomic E-state index is 15.1. The van der Waals surface area contributed by atoms with Gasteiger partial charge in [-0.25, -0.2) is 8.78 Å². The van der Waals surface area contributed by atoms with Gasteiger partial charge in [0.05, 0.1) is 5.02 Å². The molecule has 0 saturated heterocycles. The number of rotatable bonds is 10. The van der Waals surface area contributed by atoms with Gasteiger partial charge in [0, 0.05) is 17.3 Å². The fourth-order valence-corrected chi connectivity index (χ4v) is 4.43. The largest absolute Gasteiger partial charge is 0.261 e. The van der Waals surface area contributed by atoms with E-state index in [1.807, 2.05) is 30.5 Å². The first kappa shape index (κ1) is 24.3. The third kappa shape index (κ3) is 6.21. The number of pyridine rings is 1. The molecule has 1 aromatic heterocycles. The van der Waals surface area contributed by atoms with E-state index in [0.29, 0.717) is 23.8 Å². The van der Waals surface area contributed by atoms with Gasteiger partial charge in [0.2, 0.25) is 0 Å². The molecule has 0 unspecified atom stereocenters. The van der Waals surface area contributed by atoms with Crippen molar-refractivity contribution in [3.8, 4) is 0 Å². The van der Waals surface area contributed by atoms with Crippen molar-refractivity contribution in [3.63, 3.8) is 0 Å². The summed E-state index contributed by atoms with van der Waals surface area (Å²) in [5.74, 6) is -0.636.